The molecule has 0 rings (SSSR count). The first-order chi connectivity index (χ1) is 19.8. The third-order valence-electron chi connectivity index (χ3n) is 7.75. The summed E-state index contributed by atoms with van der Waals surface area (Å²) in [6, 6.07) is 0. The second kappa shape index (κ2) is 43.3. The molecule has 0 aliphatic heterocycles. The number of rotatable bonds is 31. The van der Waals surface area contributed by atoms with Gasteiger partial charge < -0.3 is 13.8 Å². The Balaban J connectivity index is -0.000000996. The van der Waals surface area contributed by atoms with Gasteiger partial charge in [0.15, 0.2) is 0 Å². The van der Waals surface area contributed by atoms with Gasteiger partial charge in [-0.15, -0.1) is 0 Å². The summed E-state index contributed by atoms with van der Waals surface area (Å²) in [6.07, 6.45) is 40.1. The van der Waals surface area contributed by atoms with Crippen molar-refractivity contribution in [2.45, 2.75) is 206 Å². The Kier molecular flexibility index (Phi) is 51.6. The fourth-order valence-corrected chi connectivity index (χ4v) is 5.20. The molecule has 0 saturated heterocycles. The predicted molar refractivity (Wildman–Crippen MR) is 171 cm³/mol. The fourth-order valence-electron chi connectivity index (χ4n) is 5.20. The Morgan fingerprint density at radius 2 is 0.651 bits per heavy atom. The van der Waals surface area contributed by atoms with Gasteiger partial charge in [0.05, 0.1) is 6.61 Å². The normalized spacial score (nSPS) is 10.8. The van der Waals surface area contributed by atoms with E-state index in [2.05, 4.69) is 13.8 Å². The largest absolute Gasteiger partial charge is 1.00 e. The predicted octanol–water partition coefficient (Wildman–Crippen LogP) is 4.94. The molecule has 0 unspecified atom stereocenters. The smallest absolute Gasteiger partial charge is 0.759 e. The molecule has 0 fully saturated rings. The van der Waals surface area contributed by atoms with Crippen molar-refractivity contribution in [2.75, 3.05) is 6.61 Å². The van der Waals surface area contributed by atoms with Gasteiger partial charge in [-0.3, -0.25) is 13.2 Å². The van der Waals surface area contributed by atoms with Gasteiger partial charge in [0.2, 0.25) is 0 Å². The maximum atomic E-state index is 11.9. The van der Waals surface area contributed by atoms with Crippen LogP contribution in [-0.4, -0.2) is 30.1 Å². The van der Waals surface area contributed by atoms with Gasteiger partial charge in [-0.1, -0.05) is 187 Å². The summed E-state index contributed by atoms with van der Waals surface area (Å²) < 4.78 is 39.5. The van der Waals surface area contributed by atoms with Gasteiger partial charge in [-0.25, -0.2) is 0 Å². The van der Waals surface area contributed by atoms with Gasteiger partial charge in [0.1, 0.15) is 0 Å². The van der Waals surface area contributed by atoms with Gasteiger partial charge in [-0.2, -0.15) is 0 Å². The van der Waals surface area contributed by atoms with Crippen LogP contribution in [0.2, 0.25) is 0 Å². The molecule has 43 heavy (non-hydrogen) atoms. The van der Waals surface area contributed by atoms with Crippen LogP contribution in [-0.2, 0) is 19.9 Å². The van der Waals surface area contributed by atoms with E-state index in [1.165, 1.54) is 173 Å². The molecule has 0 saturated carbocycles. The Morgan fingerprint density at radius 3 is 0.907 bits per heavy atom. The number of ether oxygens (including phenoxy) is 1. The van der Waals surface area contributed by atoms with Crippen LogP contribution in [0.5, 0.6) is 0 Å². The molecule has 0 aromatic heterocycles. The van der Waals surface area contributed by atoms with Crippen molar-refractivity contribution >= 4 is 16.4 Å². The quantitative estimate of drug-likeness (QED) is 0.0346. The van der Waals surface area contributed by atoms with E-state index in [4.69, 9.17) is 22.3 Å². The number of hydrogen-bond donors (Lipinski definition) is 0. The minimum atomic E-state index is -5.17. The molecule has 0 spiro atoms. The minimum absolute atomic E-state index is 0. The van der Waals surface area contributed by atoms with Crippen molar-refractivity contribution in [1.29, 1.82) is 0 Å². The van der Waals surface area contributed by atoms with Crippen molar-refractivity contribution in [3.63, 3.8) is 0 Å². The topological polar surface area (TPSA) is 107 Å². The van der Waals surface area contributed by atoms with E-state index in [1.54, 1.807) is 0 Å². The van der Waals surface area contributed by atoms with E-state index in [1.807, 2.05) is 0 Å². The molecule has 0 aliphatic rings. The van der Waals surface area contributed by atoms with Crippen LogP contribution < -0.4 is 59.1 Å². The number of esters is 1. The summed E-state index contributed by atoms with van der Waals surface area (Å²) in [5.74, 6) is 0.0272. The average molecular weight is 651 g/mol. The SMILES string of the molecule is CCCCCCCCCCCCCCCCCC(=O)OCCCCCCCCCCCCCCCC.O=S(=O)([O-])[O-].[Na+].[Na+]. The van der Waals surface area contributed by atoms with Gasteiger partial charge in [-0.05, 0) is 12.8 Å². The Labute approximate surface area is 313 Å². The van der Waals surface area contributed by atoms with Crippen molar-refractivity contribution in [1.82, 2.24) is 0 Å². The first-order valence-electron chi connectivity index (χ1n) is 17.6. The Bertz CT molecular complexity index is 576. The third-order valence-corrected chi connectivity index (χ3v) is 7.75. The van der Waals surface area contributed by atoms with E-state index in [0.29, 0.717) is 13.0 Å². The first-order valence-corrected chi connectivity index (χ1v) is 19.0. The second-order valence-electron chi connectivity index (χ2n) is 11.9. The number of carbonyl (C=O) groups excluding carboxylic acids is 1. The van der Waals surface area contributed by atoms with E-state index < -0.39 is 10.4 Å². The number of hydrogen-bond acceptors (Lipinski definition) is 6. The maximum Gasteiger partial charge on any atom is 1.00 e. The first kappa shape index (κ1) is 51.2. The van der Waals surface area contributed by atoms with Gasteiger partial charge in [0, 0.05) is 16.8 Å². The monoisotopic (exact) mass is 650 g/mol. The molecule has 0 amide bonds. The molecular formula is C34H68Na2O6S. The molecule has 0 bridgehead atoms. The summed E-state index contributed by atoms with van der Waals surface area (Å²) in [6.45, 7) is 5.21. The van der Waals surface area contributed by atoms with Gasteiger partial charge >= 0.3 is 65.1 Å². The summed E-state index contributed by atoms with van der Waals surface area (Å²) >= 11 is 0. The van der Waals surface area contributed by atoms with Crippen LogP contribution >= 0.6 is 0 Å². The summed E-state index contributed by atoms with van der Waals surface area (Å²) in [7, 11) is -5.17. The van der Waals surface area contributed by atoms with Crippen molar-refractivity contribution in [3.8, 4) is 0 Å². The van der Waals surface area contributed by atoms with E-state index in [0.717, 1.165) is 12.8 Å². The summed E-state index contributed by atoms with van der Waals surface area (Å²) in [4.78, 5) is 11.9. The van der Waals surface area contributed by atoms with Crippen LogP contribution in [0.1, 0.15) is 206 Å². The molecule has 0 aromatic rings. The maximum absolute atomic E-state index is 11.9. The number of carbonyl (C=O) groups is 1. The molecule has 0 radical (unpaired) electrons. The molecule has 0 heterocycles. The van der Waals surface area contributed by atoms with Crippen LogP contribution in [0, 0.1) is 0 Å². The molecule has 0 N–H and O–H groups in total. The zero-order valence-corrected chi connectivity index (χ0v) is 34.1. The van der Waals surface area contributed by atoms with E-state index in [9.17, 15) is 4.79 Å². The van der Waals surface area contributed by atoms with Crippen molar-refractivity contribution in [3.05, 3.63) is 0 Å². The summed E-state index contributed by atoms with van der Waals surface area (Å²) in [5, 5.41) is 0. The molecule has 0 aliphatic carbocycles. The number of unbranched alkanes of at least 4 members (excludes halogenated alkanes) is 27. The van der Waals surface area contributed by atoms with Gasteiger partial charge in [0.25, 0.3) is 0 Å². The van der Waals surface area contributed by atoms with Crippen LogP contribution in [0.15, 0.2) is 0 Å². The minimum Gasteiger partial charge on any atom is -0.759 e. The molecule has 9 heteroatoms. The second-order valence-corrected chi connectivity index (χ2v) is 12.7. The zero-order valence-electron chi connectivity index (χ0n) is 29.3. The molecule has 0 aromatic carbocycles. The van der Waals surface area contributed by atoms with Crippen LogP contribution in [0.25, 0.3) is 0 Å². The van der Waals surface area contributed by atoms with Crippen LogP contribution in [0.3, 0.4) is 0 Å². The van der Waals surface area contributed by atoms with E-state index >= 15 is 0 Å². The molecular weight excluding hydrogens is 582 g/mol. The standard InChI is InChI=1S/C34H68O2.2Na.H2O4S/c1-3-5-7-9-11-13-15-17-19-20-22-24-26-28-30-32-34(35)36-33-31-29-27-25-23-21-18-16-14-12-10-8-6-4-2;;;1-5(2,3)4/h3-33H2,1-2H3;;;(H2,1,2,3,4)/q;2*+1;/p-2. The Morgan fingerprint density at radius 1 is 0.442 bits per heavy atom. The molecule has 248 valence electrons. The van der Waals surface area contributed by atoms with Crippen molar-refractivity contribution < 1.29 is 86.2 Å². The van der Waals surface area contributed by atoms with E-state index in [-0.39, 0.29) is 65.1 Å². The molecule has 0 atom stereocenters. The average Bonchev–Trinajstić information content (AvgIpc) is 2.92. The summed E-state index contributed by atoms with van der Waals surface area (Å²) in [5.41, 5.74) is 0. The van der Waals surface area contributed by atoms with Crippen LogP contribution in [0.4, 0.5) is 0 Å². The Hall–Kier alpha value is 1.34. The third kappa shape index (κ3) is 59.3. The fraction of sp³-hybridized carbons (Fsp3) is 0.971. The zero-order chi connectivity index (χ0) is 30.7. The van der Waals surface area contributed by atoms with Crippen molar-refractivity contribution in [2.24, 2.45) is 0 Å². The molecule has 6 nitrogen and oxygen atoms in total.